The van der Waals surface area contributed by atoms with Crippen LogP contribution >= 0.6 is 0 Å². The summed E-state index contributed by atoms with van der Waals surface area (Å²) >= 11 is 0. The molecule has 5 fully saturated rings. The third-order valence-corrected chi connectivity index (χ3v) is 7.57. The van der Waals surface area contributed by atoms with Crippen molar-refractivity contribution in [1.29, 1.82) is 0 Å². The summed E-state index contributed by atoms with van der Waals surface area (Å²) in [5.74, 6) is 1.13. The van der Waals surface area contributed by atoms with Crippen molar-refractivity contribution < 1.29 is 14.0 Å². The molecule has 6 heteroatoms. The van der Waals surface area contributed by atoms with Crippen LogP contribution in [0.5, 0.6) is 0 Å². The minimum Gasteiger partial charge on any atom is -0.369 e. The fraction of sp³-hybridized carbons (Fsp3) is 0.895. The smallest absolute Gasteiger partial charge is 0.240 e. The van der Waals surface area contributed by atoms with Crippen LogP contribution in [0.4, 0.5) is 4.39 Å². The number of nitrogens with one attached hydrogen (secondary N) is 1. The average Bonchev–Trinajstić information content (AvgIpc) is 2.97. The number of alkyl halides is 1. The largest absolute Gasteiger partial charge is 0.369 e. The van der Waals surface area contributed by atoms with E-state index in [9.17, 15) is 14.0 Å². The Kier molecular flexibility index (Phi) is 3.91. The molecule has 4 aliphatic carbocycles. The molecular formula is C19H30FN3O2. The van der Waals surface area contributed by atoms with E-state index in [1.807, 2.05) is 18.7 Å². The van der Waals surface area contributed by atoms with Crippen LogP contribution in [-0.2, 0) is 9.59 Å². The molecule has 5 nitrogen and oxygen atoms in total. The van der Waals surface area contributed by atoms with Gasteiger partial charge in [-0.1, -0.05) is 0 Å². The van der Waals surface area contributed by atoms with E-state index in [2.05, 4.69) is 5.32 Å². The van der Waals surface area contributed by atoms with E-state index in [1.165, 1.54) is 0 Å². The molecule has 3 atom stereocenters. The van der Waals surface area contributed by atoms with Crippen molar-refractivity contribution in [3.8, 4) is 0 Å². The number of nitrogens with two attached hydrogens (primary N) is 1. The third-order valence-electron chi connectivity index (χ3n) is 7.57. The molecule has 0 aromatic carbocycles. The zero-order valence-electron chi connectivity index (χ0n) is 15.3. The van der Waals surface area contributed by atoms with Crippen LogP contribution in [0.1, 0.15) is 52.4 Å². The summed E-state index contributed by atoms with van der Waals surface area (Å²) < 4.78 is 13.6. The van der Waals surface area contributed by atoms with Gasteiger partial charge in [-0.05, 0) is 70.1 Å². The molecule has 0 aromatic heterocycles. The highest BCUT2D eigenvalue weighted by Gasteiger charge is 2.58. The Morgan fingerprint density at radius 3 is 2.36 bits per heavy atom. The molecule has 5 rings (SSSR count). The number of rotatable bonds is 4. The summed E-state index contributed by atoms with van der Waals surface area (Å²) in [4.78, 5) is 27.0. The minimum absolute atomic E-state index is 0.00722. The monoisotopic (exact) mass is 351 g/mol. The fourth-order valence-electron chi connectivity index (χ4n) is 6.26. The van der Waals surface area contributed by atoms with Crippen molar-refractivity contribution in [2.75, 3.05) is 13.1 Å². The standard InChI is InChI=1S/C19H30FN3O2/c1-18(2,23-4-3-14(20)10-23)17(25)22-15-12-5-11-6-13(15)9-19(7-11,8-12)16(21)24/h11-15H,3-10H2,1-2H3,(H2,21,24)(H,22,25). The second-order valence-electron chi connectivity index (χ2n) is 9.50. The SMILES string of the molecule is CC(C)(C(=O)NC1C2CC3CC1CC(C(N)=O)(C3)C2)N1CCC(F)C1. The van der Waals surface area contributed by atoms with E-state index < -0.39 is 11.7 Å². The molecule has 5 aliphatic rings. The van der Waals surface area contributed by atoms with Crippen LogP contribution in [0.15, 0.2) is 0 Å². The molecule has 1 aliphatic heterocycles. The van der Waals surface area contributed by atoms with Gasteiger partial charge in [0.05, 0.1) is 5.54 Å². The molecule has 3 unspecified atom stereocenters. The predicted molar refractivity (Wildman–Crippen MR) is 92.3 cm³/mol. The summed E-state index contributed by atoms with van der Waals surface area (Å²) in [5.41, 5.74) is 4.71. The maximum atomic E-state index is 13.6. The molecule has 1 heterocycles. The highest BCUT2D eigenvalue weighted by Crippen LogP contribution is 2.59. The summed E-state index contributed by atoms with van der Waals surface area (Å²) in [7, 11) is 0. The number of hydrogen-bond donors (Lipinski definition) is 2. The van der Waals surface area contributed by atoms with Crippen LogP contribution in [0.3, 0.4) is 0 Å². The van der Waals surface area contributed by atoms with E-state index in [1.54, 1.807) is 0 Å². The number of likely N-dealkylation sites (tertiary alicyclic amines) is 1. The number of carbonyl (C=O) groups excluding carboxylic acids is 2. The lowest BCUT2D eigenvalue weighted by atomic mass is 9.47. The van der Waals surface area contributed by atoms with Gasteiger partial charge in [0, 0.05) is 24.5 Å². The molecule has 0 radical (unpaired) electrons. The zero-order chi connectivity index (χ0) is 18.0. The molecule has 4 bridgehead atoms. The van der Waals surface area contributed by atoms with E-state index >= 15 is 0 Å². The van der Waals surface area contributed by atoms with E-state index in [0.29, 0.717) is 37.3 Å². The molecule has 4 saturated carbocycles. The van der Waals surface area contributed by atoms with Crippen molar-refractivity contribution in [1.82, 2.24) is 10.2 Å². The van der Waals surface area contributed by atoms with Crippen LogP contribution in [0.2, 0.25) is 0 Å². The Balaban J connectivity index is 1.47. The number of amides is 2. The predicted octanol–water partition coefficient (Wildman–Crippen LogP) is 1.61. The topological polar surface area (TPSA) is 75.4 Å². The van der Waals surface area contributed by atoms with Crippen molar-refractivity contribution in [3.63, 3.8) is 0 Å². The zero-order valence-corrected chi connectivity index (χ0v) is 15.3. The fourth-order valence-corrected chi connectivity index (χ4v) is 6.26. The van der Waals surface area contributed by atoms with Gasteiger partial charge in [-0.2, -0.15) is 0 Å². The summed E-state index contributed by atoms with van der Waals surface area (Å²) in [6, 6.07) is 0.138. The van der Waals surface area contributed by atoms with Crippen LogP contribution in [0.25, 0.3) is 0 Å². The second-order valence-corrected chi connectivity index (χ2v) is 9.50. The molecule has 25 heavy (non-hydrogen) atoms. The average molecular weight is 351 g/mol. The number of nitrogens with zero attached hydrogens (tertiary/aromatic N) is 1. The van der Waals surface area contributed by atoms with Gasteiger partial charge < -0.3 is 11.1 Å². The first-order valence-corrected chi connectivity index (χ1v) is 9.71. The number of halogens is 1. The van der Waals surface area contributed by atoms with Gasteiger partial charge in [0.2, 0.25) is 11.8 Å². The molecule has 1 saturated heterocycles. The van der Waals surface area contributed by atoms with Gasteiger partial charge in [-0.3, -0.25) is 14.5 Å². The Bertz CT molecular complexity index is 577. The van der Waals surface area contributed by atoms with Crippen molar-refractivity contribution in [2.45, 2.75) is 70.1 Å². The first-order valence-electron chi connectivity index (χ1n) is 9.71. The Labute approximate surface area is 148 Å². The summed E-state index contributed by atoms with van der Waals surface area (Å²) in [6.07, 6.45) is 4.43. The Morgan fingerprint density at radius 1 is 1.20 bits per heavy atom. The number of hydrogen-bond acceptors (Lipinski definition) is 3. The molecular weight excluding hydrogens is 321 g/mol. The van der Waals surface area contributed by atoms with Crippen LogP contribution in [-0.4, -0.2) is 47.6 Å². The van der Waals surface area contributed by atoms with Gasteiger partial charge in [0.25, 0.3) is 0 Å². The Hall–Kier alpha value is -1.17. The molecule has 0 aromatic rings. The number of primary amides is 1. The van der Waals surface area contributed by atoms with E-state index in [0.717, 1.165) is 32.1 Å². The highest BCUT2D eigenvalue weighted by molar-refractivity contribution is 5.86. The van der Waals surface area contributed by atoms with Gasteiger partial charge >= 0.3 is 0 Å². The second kappa shape index (κ2) is 5.66. The lowest BCUT2D eigenvalue weighted by Gasteiger charge is -2.59. The van der Waals surface area contributed by atoms with E-state index in [4.69, 9.17) is 5.73 Å². The highest BCUT2D eigenvalue weighted by atomic mass is 19.1. The molecule has 140 valence electrons. The first-order chi connectivity index (χ1) is 11.7. The van der Waals surface area contributed by atoms with Crippen molar-refractivity contribution in [2.24, 2.45) is 28.9 Å². The lowest BCUT2D eigenvalue weighted by molar-refractivity contribution is -0.149. The minimum atomic E-state index is -0.830. The van der Waals surface area contributed by atoms with Gasteiger partial charge in [0.1, 0.15) is 6.17 Å². The van der Waals surface area contributed by atoms with Crippen LogP contribution in [0, 0.1) is 23.2 Å². The maximum Gasteiger partial charge on any atom is 0.240 e. The van der Waals surface area contributed by atoms with Gasteiger partial charge in [-0.25, -0.2) is 4.39 Å². The Morgan fingerprint density at radius 2 is 1.84 bits per heavy atom. The third kappa shape index (κ3) is 2.68. The van der Waals surface area contributed by atoms with Crippen molar-refractivity contribution in [3.05, 3.63) is 0 Å². The van der Waals surface area contributed by atoms with Gasteiger partial charge in [-0.15, -0.1) is 0 Å². The van der Waals surface area contributed by atoms with Gasteiger partial charge in [0.15, 0.2) is 0 Å². The normalized spacial score (nSPS) is 43.4. The molecule has 3 N–H and O–H groups in total. The quantitative estimate of drug-likeness (QED) is 0.808. The van der Waals surface area contributed by atoms with E-state index in [-0.39, 0.29) is 23.3 Å². The number of carbonyl (C=O) groups is 2. The summed E-state index contributed by atoms with van der Waals surface area (Å²) in [6.45, 7) is 4.75. The van der Waals surface area contributed by atoms with Crippen molar-refractivity contribution >= 4 is 11.8 Å². The van der Waals surface area contributed by atoms with Crippen LogP contribution < -0.4 is 11.1 Å². The maximum absolute atomic E-state index is 13.6. The first kappa shape index (κ1) is 17.3. The molecule has 2 amide bonds. The lowest BCUT2D eigenvalue weighted by Crippen LogP contribution is -2.65. The molecule has 0 spiro atoms. The summed E-state index contributed by atoms with van der Waals surface area (Å²) in [5, 5.41) is 3.29.